The third-order valence-corrected chi connectivity index (χ3v) is 3.87. The highest BCUT2D eigenvalue weighted by atomic mass is 16.6. The number of rotatable bonds is 6. The van der Waals surface area contributed by atoms with Gasteiger partial charge in [-0.15, -0.1) is 0 Å². The molecular formula is C18H24N2O8. The molecule has 1 heterocycles. The molecule has 1 saturated heterocycles. The van der Waals surface area contributed by atoms with Crippen LogP contribution < -0.4 is 9.47 Å². The summed E-state index contributed by atoms with van der Waals surface area (Å²) in [5.74, 6) is -1.09. The van der Waals surface area contributed by atoms with E-state index in [-0.39, 0.29) is 29.4 Å². The number of nitrogens with zero attached hydrogens (tertiary/aromatic N) is 2. The van der Waals surface area contributed by atoms with E-state index < -0.39 is 23.1 Å². The molecule has 0 saturated carbocycles. The van der Waals surface area contributed by atoms with Crippen LogP contribution in [0.4, 0.5) is 10.5 Å². The highest BCUT2D eigenvalue weighted by Crippen LogP contribution is 2.32. The van der Waals surface area contributed by atoms with Gasteiger partial charge in [-0.2, -0.15) is 0 Å². The van der Waals surface area contributed by atoms with Gasteiger partial charge in [-0.25, -0.2) is 9.59 Å². The lowest BCUT2D eigenvalue weighted by Gasteiger charge is -2.33. The Hall–Kier alpha value is -3.04. The van der Waals surface area contributed by atoms with E-state index >= 15 is 0 Å². The van der Waals surface area contributed by atoms with Crippen molar-refractivity contribution in [1.29, 1.82) is 0 Å². The van der Waals surface area contributed by atoms with E-state index in [9.17, 15) is 19.7 Å². The number of hydrogen-bond donors (Lipinski definition) is 1. The molecule has 10 nitrogen and oxygen atoms in total. The zero-order valence-corrected chi connectivity index (χ0v) is 16.0. The van der Waals surface area contributed by atoms with Gasteiger partial charge >= 0.3 is 17.7 Å². The minimum atomic E-state index is -1.23. The van der Waals surface area contributed by atoms with E-state index in [4.69, 9.17) is 19.3 Å². The number of benzene rings is 1. The van der Waals surface area contributed by atoms with E-state index in [1.54, 1.807) is 25.7 Å². The summed E-state index contributed by atoms with van der Waals surface area (Å²) in [7, 11) is 0. The lowest BCUT2D eigenvalue weighted by molar-refractivity contribution is -0.385. The average Bonchev–Trinajstić information content (AvgIpc) is 2.59. The molecule has 1 fully saturated rings. The molecule has 0 aromatic heterocycles. The van der Waals surface area contributed by atoms with Crippen molar-refractivity contribution in [3.63, 3.8) is 0 Å². The molecule has 154 valence electrons. The number of hydrogen-bond acceptors (Lipinski definition) is 7. The first-order valence-corrected chi connectivity index (χ1v) is 8.83. The molecule has 1 N–H and O–H groups in total. The molecule has 0 bridgehead atoms. The Labute approximate surface area is 162 Å². The van der Waals surface area contributed by atoms with Crippen molar-refractivity contribution >= 4 is 17.7 Å². The van der Waals surface area contributed by atoms with Crippen molar-refractivity contribution in [2.75, 3.05) is 19.7 Å². The van der Waals surface area contributed by atoms with Crippen LogP contribution >= 0.6 is 0 Å². The first-order valence-electron chi connectivity index (χ1n) is 8.83. The lowest BCUT2D eigenvalue weighted by atomic mass is 10.1. The van der Waals surface area contributed by atoms with Crippen LogP contribution in [0.3, 0.4) is 0 Å². The third kappa shape index (κ3) is 6.29. The first kappa shape index (κ1) is 21.3. The second kappa shape index (κ2) is 8.77. The Bertz CT molecular complexity index is 736. The fraction of sp³-hybridized carbons (Fsp3) is 0.556. The van der Waals surface area contributed by atoms with Gasteiger partial charge in [0.05, 0.1) is 11.0 Å². The summed E-state index contributed by atoms with van der Waals surface area (Å²) >= 11 is 0. The zero-order chi connectivity index (χ0) is 20.9. The molecule has 2 rings (SSSR count). The number of ether oxygens (including phenoxy) is 3. The summed E-state index contributed by atoms with van der Waals surface area (Å²) in [6.45, 7) is 5.65. The SMILES string of the molecule is CC(C)(C)OC(=O)N1CCC(Oc2ccc(OCC(=O)O)c([N+](=O)[O-])c2)CC1. The van der Waals surface area contributed by atoms with Crippen molar-refractivity contribution in [2.45, 2.75) is 45.3 Å². The fourth-order valence-electron chi connectivity index (χ4n) is 2.65. The molecule has 0 radical (unpaired) electrons. The lowest BCUT2D eigenvalue weighted by Crippen LogP contribution is -2.44. The Kier molecular flexibility index (Phi) is 6.66. The van der Waals surface area contributed by atoms with Gasteiger partial charge in [0.15, 0.2) is 12.4 Å². The second-order valence-corrected chi connectivity index (χ2v) is 7.35. The quantitative estimate of drug-likeness (QED) is 0.574. The second-order valence-electron chi connectivity index (χ2n) is 7.35. The van der Waals surface area contributed by atoms with Crippen LogP contribution in [0.2, 0.25) is 0 Å². The van der Waals surface area contributed by atoms with Gasteiger partial charge in [0, 0.05) is 25.9 Å². The monoisotopic (exact) mass is 396 g/mol. The molecule has 1 aliphatic heterocycles. The number of carboxylic acid groups (broad SMARTS) is 1. The molecule has 1 aromatic carbocycles. The van der Waals surface area contributed by atoms with E-state index in [1.165, 1.54) is 18.2 Å². The van der Waals surface area contributed by atoms with E-state index in [0.717, 1.165) is 0 Å². The summed E-state index contributed by atoms with van der Waals surface area (Å²) in [5.41, 5.74) is -0.932. The van der Waals surface area contributed by atoms with Crippen molar-refractivity contribution in [1.82, 2.24) is 4.90 Å². The summed E-state index contributed by atoms with van der Waals surface area (Å²) in [5, 5.41) is 19.8. The van der Waals surface area contributed by atoms with Crippen LogP contribution in [0.5, 0.6) is 11.5 Å². The van der Waals surface area contributed by atoms with Crippen LogP contribution in [-0.2, 0) is 9.53 Å². The molecule has 0 unspecified atom stereocenters. The Balaban J connectivity index is 1.95. The highest BCUT2D eigenvalue weighted by molar-refractivity contribution is 5.69. The molecule has 1 aliphatic rings. The number of nitro benzene ring substituents is 1. The number of piperidine rings is 1. The summed E-state index contributed by atoms with van der Waals surface area (Å²) in [6.07, 6.45) is 0.542. The van der Waals surface area contributed by atoms with Gasteiger partial charge in [0.2, 0.25) is 0 Å². The number of aliphatic carboxylic acids is 1. The van der Waals surface area contributed by atoms with Gasteiger partial charge in [0.25, 0.3) is 0 Å². The minimum absolute atomic E-state index is 0.139. The van der Waals surface area contributed by atoms with Crippen molar-refractivity contribution in [3.8, 4) is 11.5 Å². The largest absolute Gasteiger partial charge is 0.490 e. The number of likely N-dealkylation sites (tertiary alicyclic amines) is 1. The number of carbonyl (C=O) groups excluding carboxylic acids is 1. The number of nitro groups is 1. The summed E-state index contributed by atoms with van der Waals surface area (Å²) < 4.78 is 16.1. The van der Waals surface area contributed by atoms with Gasteiger partial charge in [-0.05, 0) is 32.9 Å². The highest BCUT2D eigenvalue weighted by Gasteiger charge is 2.28. The average molecular weight is 396 g/mol. The first-order chi connectivity index (χ1) is 13.0. The molecule has 0 aliphatic carbocycles. The maximum Gasteiger partial charge on any atom is 0.410 e. The Morgan fingerprint density at radius 2 is 1.93 bits per heavy atom. The molecule has 10 heteroatoms. The van der Waals surface area contributed by atoms with Crippen LogP contribution in [0.1, 0.15) is 33.6 Å². The fourth-order valence-corrected chi connectivity index (χ4v) is 2.65. The van der Waals surface area contributed by atoms with Gasteiger partial charge in [0.1, 0.15) is 17.5 Å². The summed E-state index contributed by atoms with van der Waals surface area (Å²) in [4.78, 5) is 34.8. The van der Waals surface area contributed by atoms with Crippen molar-refractivity contribution < 1.29 is 33.8 Å². The number of amides is 1. The molecule has 0 atom stereocenters. The van der Waals surface area contributed by atoms with E-state index in [2.05, 4.69) is 0 Å². The van der Waals surface area contributed by atoms with Gasteiger partial charge < -0.3 is 24.2 Å². The molecule has 28 heavy (non-hydrogen) atoms. The standard InChI is InChI=1S/C18H24N2O8/c1-18(2,3)28-17(23)19-8-6-12(7-9-19)27-13-4-5-15(26-11-16(21)22)14(10-13)20(24)25/h4-5,10,12H,6-9,11H2,1-3H3,(H,21,22). The van der Waals surface area contributed by atoms with E-state index in [0.29, 0.717) is 25.9 Å². The van der Waals surface area contributed by atoms with Crippen molar-refractivity contribution in [3.05, 3.63) is 28.3 Å². The van der Waals surface area contributed by atoms with Crippen LogP contribution in [-0.4, -0.2) is 58.4 Å². The maximum atomic E-state index is 12.1. The van der Waals surface area contributed by atoms with E-state index in [1.807, 2.05) is 0 Å². The van der Waals surface area contributed by atoms with Crippen LogP contribution in [0.25, 0.3) is 0 Å². The van der Waals surface area contributed by atoms with Gasteiger partial charge in [-0.3, -0.25) is 10.1 Å². The molecule has 1 amide bonds. The minimum Gasteiger partial charge on any atom is -0.490 e. The topological polar surface area (TPSA) is 128 Å². The normalized spacial score (nSPS) is 15.0. The molecular weight excluding hydrogens is 372 g/mol. The third-order valence-electron chi connectivity index (χ3n) is 3.87. The number of carbonyl (C=O) groups is 2. The van der Waals surface area contributed by atoms with Crippen LogP contribution in [0.15, 0.2) is 18.2 Å². The predicted octanol–water partition coefficient (Wildman–Crippen LogP) is 2.84. The van der Waals surface area contributed by atoms with Crippen molar-refractivity contribution in [2.24, 2.45) is 0 Å². The smallest absolute Gasteiger partial charge is 0.410 e. The number of carboxylic acids is 1. The molecule has 1 aromatic rings. The molecule has 0 spiro atoms. The maximum absolute atomic E-state index is 12.1. The predicted molar refractivity (Wildman–Crippen MR) is 97.7 cm³/mol. The van der Waals surface area contributed by atoms with Gasteiger partial charge in [-0.1, -0.05) is 0 Å². The Morgan fingerprint density at radius 3 is 2.46 bits per heavy atom. The van der Waals surface area contributed by atoms with Crippen LogP contribution in [0, 0.1) is 10.1 Å². The zero-order valence-electron chi connectivity index (χ0n) is 16.0. The Morgan fingerprint density at radius 1 is 1.29 bits per heavy atom. The summed E-state index contributed by atoms with van der Waals surface area (Å²) in [6, 6.07) is 4.01.